The van der Waals surface area contributed by atoms with E-state index in [1.165, 1.54) is 4.90 Å². The highest BCUT2D eigenvalue weighted by molar-refractivity contribution is 6.30. The minimum Gasteiger partial charge on any atom is -0.484 e. The minimum atomic E-state index is -0.610. The zero-order valence-electron chi connectivity index (χ0n) is 14.2. The van der Waals surface area contributed by atoms with Gasteiger partial charge in [-0.2, -0.15) is 0 Å². The van der Waals surface area contributed by atoms with Crippen molar-refractivity contribution < 1.29 is 14.3 Å². The number of nitrogens with one attached hydrogen (secondary N) is 1. The standard InChI is InChI=1S/C19H21ClN2O3/c1-14(19(24)21-2)22(12-15-7-4-3-5-8-15)18(23)13-25-17-10-6-9-16(20)11-17/h3-11,14H,12-13H2,1-2H3,(H,21,24). The number of hydrogen-bond acceptors (Lipinski definition) is 3. The monoisotopic (exact) mass is 360 g/mol. The lowest BCUT2D eigenvalue weighted by Gasteiger charge is -2.28. The van der Waals surface area contributed by atoms with Crippen LogP contribution in [0.3, 0.4) is 0 Å². The molecule has 132 valence electrons. The van der Waals surface area contributed by atoms with Crippen LogP contribution in [0.4, 0.5) is 0 Å². The van der Waals surface area contributed by atoms with Crippen molar-refractivity contribution in [2.24, 2.45) is 0 Å². The molecule has 0 saturated heterocycles. The van der Waals surface area contributed by atoms with Gasteiger partial charge in [0.05, 0.1) is 0 Å². The molecule has 1 N–H and O–H groups in total. The lowest BCUT2D eigenvalue weighted by atomic mass is 10.1. The van der Waals surface area contributed by atoms with E-state index in [0.717, 1.165) is 5.56 Å². The minimum absolute atomic E-state index is 0.172. The van der Waals surface area contributed by atoms with Crippen molar-refractivity contribution in [2.75, 3.05) is 13.7 Å². The second-order valence-electron chi connectivity index (χ2n) is 5.54. The fraction of sp³-hybridized carbons (Fsp3) is 0.263. The van der Waals surface area contributed by atoms with Crippen molar-refractivity contribution in [3.05, 3.63) is 65.2 Å². The first-order chi connectivity index (χ1) is 12.0. The molecule has 0 aliphatic carbocycles. The number of amides is 2. The molecular weight excluding hydrogens is 340 g/mol. The Kier molecular flexibility index (Phi) is 6.83. The van der Waals surface area contributed by atoms with Crippen LogP contribution in [0, 0.1) is 0 Å². The Bertz CT molecular complexity index is 722. The summed E-state index contributed by atoms with van der Waals surface area (Å²) in [6, 6.07) is 15.7. The number of nitrogens with zero attached hydrogens (tertiary/aromatic N) is 1. The van der Waals surface area contributed by atoms with Crippen molar-refractivity contribution in [3.63, 3.8) is 0 Å². The first kappa shape index (κ1) is 18.8. The van der Waals surface area contributed by atoms with E-state index in [1.54, 1.807) is 38.2 Å². The maximum absolute atomic E-state index is 12.7. The summed E-state index contributed by atoms with van der Waals surface area (Å²) in [4.78, 5) is 26.2. The van der Waals surface area contributed by atoms with Gasteiger partial charge >= 0.3 is 0 Å². The molecule has 2 aromatic rings. The van der Waals surface area contributed by atoms with E-state index < -0.39 is 6.04 Å². The number of carbonyl (C=O) groups excluding carboxylic acids is 2. The third-order valence-electron chi connectivity index (χ3n) is 3.77. The molecule has 6 heteroatoms. The number of rotatable bonds is 7. The number of halogens is 1. The van der Waals surface area contributed by atoms with Crippen LogP contribution in [0.15, 0.2) is 54.6 Å². The lowest BCUT2D eigenvalue weighted by Crippen LogP contribution is -2.48. The Morgan fingerprint density at radius 3 is 2.52 bits per heavy atom. The highest BCUT2D eigenvalue weighted by Gasteiger charge is 2.25. The average molecular weight is 361 g/mol. The lowest BCUT2D eigenvalue weighted by molar-refractivity contribution is -0.142. The van der Waals surface area contributed by atoms with E-state index in [2.05, 4.69) is 5.32 Å². The summed E-state index contributed by atoms with van der Waals surface area (Å²) in [7, 11) is 1.55. The van der Waals surface area contributed by atoms with E-state index in [4.69, 9.17) is 16.3 Å². The molecule has 2 rings (SSSR count). The molecular formula is C19H21ClN2O3. The summed E-state index contributed by atoms with van der Waals surface area (Å²) in [6.45, 7) is 1.85. The van der Waals surface area contributed by atoms with E-state index >= 15 is 0 Å². The van der Waals surface area contributed by atoms with Gasteiger partial charge in [0.15, 0.2) is 6.61 Å². The highest BCUT2D eigenvalue weighted by atomic mass is 35.5. The molecule has 0 fully saturated rings. The van der Waals surface area contributed by atoms with Gasteiger partial charge in [-0.05, 0) is 30.7 Å². The molecule has 1 unspecified atom stereocenters. The molecule has 25 heavy (non-hydrogen) atoms. The van der Waals surface area contributed by atoms with E-state index in [-0.39, 0.29) is 18.4 Å². The Morgan fingerprint density at radius 2 is 1.88 bits per heavy atom. The summed E-state index contributed by atoms with van der Waals surface area (Å²) in [5.41, 5.74) is 0.939. The van der Waals surface area contributed by atoms with Crippen molar-refractivity contribution >= 4 is 23.4 Å². The van der Waals surface area contributed by atoms with Crippen molar-refractivity contribution in [3.8, 4) is 5.75 Å². The molecule has 0 heterocycles. The van der Waals surface area contributed by atoms with Crippen molar-refractivity contribution in [2.45, 2.75) is 19.5 Å². The molecule has 2 amide bonds. The Hall–Kier alpha value is -2.53. The third kappa shape index (κ3) is 5.50. The summed E-state index contributed by atoms with van der Waals surface area (Å²) in [5, 5.41) is 3.11. The number of hydrogen-bond donors (Lipinski definition) is 1. The molecule has 0 aliphatic heterocycles. The van der Waals surface area contributed by atoms with Gasteiger partial charge < -0.3 is 15.0 Å². The van der Waals surface area contributed by atoms with Crippen molar-refractivity contribution in [1.82, 2.24) is 10.2 Å². The molecule has 1 atom stereocenters. The topological polar surface area (TPSA) is 58.6 Å². The molecule has 0 saturated carbocycles. The zero-order chi connectivity index (χ0) is 18.2. The van der Waals surface area contributed by atoms with Gasteiger partial charge in [0.1, 0.15) is 11.8 Å². The van der Waals surface area contributed by atoms with Gasteiger partial charge in [0.25, 0.3) is 5.91 Å². The van der Waals surface area contributed by atoms with E-state index in [0.29, 0.717) is 17.3 Å². The maximum Gasteiger partial charge on any atom is 0.261 e. The first-order valence-corrected chi connectivity index (χ1v) is 8.32. The summed E-state index contributed by atoms with van der Waals surface area (Å²) in [5.74, 6) is 0.0000671. The summed E-state index contributed by atoms with van der Waals surface area (Å²) < 4.78 is 5.52. The molecule has 0 bridgehead atoms. The van der Waals surface area contributed by atoms with Gasteiger partial charge in [-0.15, -0.1) is 0 Å². The Balaban J connectivity index is 2.10. The normalized spacial score (nSPS) is 11.5. The molecule has 5 nitrogen and oxygen atoms in total. The fourth-order valence-electron chi connectivity index (χ4n) is 2.36. The van der Waals surface area contributed by atoms with E-state index in [1.807, 2.05) is 30.3 Å². The first-order valence-electron chi connectivity index (χ1n) is 7.94. The van der Waals surface area contributed by atoms with Crippen LogP contribution in [0.5, 0.6) is 5.75 Å². The number of ether oxygens (including phenoxy) is 1. The van der Waals surface area contributed by atoms with Crippen LogP contribution in [-0.4, -0.2) is 36.4 Å². The molecule has 0 radical (unpaired) electrons. The van der Waals surface area contributed by atoms with Crippen LogP contribution in [-0.2, 0) is 16.1 Å². The number of carbonyl (C=O) groups is 2. The van der Waals surface area contributed by atoms with Gasteiger partial charge in [0, 0.05) is 18.6 Å². The van der Waals surface area contributed by atoms with Gasteiger partial charge in [-0.1, -0.05) is 48.0 Å². The highest BCUT2D eigenvalue weighted by Crippen LogP contribution is 2.17. The zero-order valence-corrected chi connectivity index (χ0v) is 15.0. The smallest absolute Gasteiger partial charge is 0.261 e. The predicted octanol–water partition coefficient (Wildman–Crippen LogP) is 2.88. The fourth-order valence-corrected chi connectivity index (χ4v) is 2.54. The molecule has 0 spiro atoms. The van der Waals surface area contributed by atoms with Gasteiger partial charge in [-0.25, -0.2) is 0 Å². The van der Waals surface area contributed by atoms with Crippen LogP contribution in [0.1, 0.15) is 12.5 Å². The Morgan fingerprint density at radius 1 is 1.16 bits per heavy atom. The van der Waals surface area contributed by atoms with Gasteiger partial charge in [0.2, 0.25) is 5.91 Å². The molecule has 2 aromatic carbocycles. The van der Waals surface area contributed by atoms with Crippen LogP contribution >= 0.6 is 11.6 Å². The maximum atomic E-state index is 12.7. The Labute approximate surface area is 152 Å². The number of benzene rings is 2. The average Bonchev–Trinajstić information content (AvgIpc) is 2.64. The molecule has 0 aromatic heterocycles. The summed E-state index contributed by atoms with van der Waals surface area (Å²) in [6.07, 6.45) is 0. The van der Waals surface area contributed by atoms with Crippen LogP contribution in [0.2, 0.25) is 5.02 Å². The third-order valence-corrected chi connectivity index (χ3v) is 4.00. The largest absolute Gasteiger partial charge is 0.484 e. The second kappa shape index (κ2) is 9.08. The summed E-state index contributed by atoms with van der Waals surface area (Å²) >= 11 is 5.91. The van der Waals surface area contributed by atoms with Crippen LogP contribution < -0.4 is 10.1 Å². The predicted molar refractivity (Wildman–Crippen MR) is 97.5 cm³/mol. The second-order valence-corrected chi connectivity index (χ2v) is 5.98. The van der Waals surface area contributed by atoms with Crippen molar-refractivity contribution in [1.29, 1.82) is 0 Å². The van der Waals surface area contributed by atoms with Crippen LogP contribution in [0.25, 0.3) is 0 Å². The SMILES string of the molecule is CNC(=O)C(C)N(Cc1ccccc1)C(=O)COc1cccc(Cl)c1. The quantitative estimate of drug-likeness (QED) is 0.826. The number of likely N-dealkylation sites (N-methyl/N-ethyl adjacent to an activating group) is 1. The van der Waals surface area contributed by atoms with Gasteiger partial charge in [-0.3, -0.25) is 9.59 Å². The van der Waals surface area contributed by atoms with E-state index in [9.17, 15) is 9.59 Å². The molecule has 0 aliphatic rings.